The summed E-state index contributed by atoms with van der Waals surface area (Å²) in [7, 11) is 1.63. The van der Waals surface area contributed by atoms with Crippen LogP contribution in [-0.2, 0) is 16.1 Å². The highest BCUT2D eigenvalue weighted by Gasteiger charge is 2.27. The van der Waals surface area contributed by atoms with E-state index in [0.29, 0.717) is 27.3 Å². The van der Waals surface area contributed by atoms with Crippen LogP contribution in [0.3, 0.4) is 0 Å². The summed E-state index contributed by atoms with van der Waals surface area (Å²) in [4.78, 5) is 30.3. The lowest BCUT2D eigenvalue weighted by Crippen LogP contribution is -2.29. The molecule has 0 fully saturated rings. The molecule has 28 heavy (non-hydrogen) atoms. The van der Waals surface area contributed by atoms with Gasteiger partial charge in [-0.05, 0) is 29.3 Å². The number of rotatable bonds is 5. The predicted octanol–water partition coefficient (Wildman–Crippen LogP) is 4.21. The summed E-state index contributed by atoms with van der Waals surface area (Å²) in [5, 5.41) is 4.27. The summed E-state index contributed by atoms with van der Waals surface area (Å²) in [5.74, 6) is -0.216. The van der Waals surface area contributed by atoms with E-state index in [0.717, 1.165) is 5.56 Å². The topological polar surface area (TPSA) is 61.8 Å². The Morgan fingerprint density at radius 1 is 1.21 bits per heavy atom. The fraction of sp³-hybridized carbons (Fsp3) is 0.150. The molecule has 2 aromatic rings. The first-order chi connectivity index (χ1) is 13.4. The first kappa shape index (κ1) is 20.5. The van der Waals surface area contributed by atoms with Crippen molar-refractivity contribution in [2.45, 2.75) is 6.54 Å². The maximum absolute atomic E-state index is 12.4. The number of likely N-dealkylation sites (N-methyl/N-ethyl adjacent to an activating group) is 1. The second-order valence-corrected chi connectivity index (χ2v) is 7.79. The lowest BCUT2D eigenvalue weighted by atomic mass is 10.2. The van der Waals surface area contributed by atoms with Crippen molar-refractivity contribution in [2.75, 3.05) is 12.8 Å². The number of hydrogen-bond donors (Lipinski definition) is 1. The molecule has 1 N–H and O–H groups in total. The van der Waals surface area contributed by atoms with Gasteiger partial charge < -0.3 is 5.32 Å². The first-order valence-corrected chi connectivity index (χ1v) is 10.1. The number of benzene rings is 2. The summed E-state index contributed by atoms with van der Waals surface area (Å²) in [6, 6.07) is 14.7. The molecule has 0 saturated heterocycles. The Hall–Kier alpha value is -2.28. The zero-order chi connectivity index (χ0) is 20.1. The van der Waals surface area contributed by atoms with E-state index in [1.807, 2.05) is 30.3 Å². The van der Waals surface area contributed by atoms with Gasteiger partial charge in [-0.1, -0.05) is 71.4 Å². The van der Waals surface area contributed by atoms with Gasteiger partial charge in [-0.2, -0.15) is 0 Å². The minimum atomic E-state index is -0.252. The van der Waals surface area contributed by atoms with Gasteiger partial charge in [0.05, 0.1) is 5.75 Å². The fourth-order valence-electron chi connectivity index (χ4n) is 2.45. The van der Waals surface area contributed by atoms with Crippen LogP contribution in [0, 0.1) is 0 Å². The molecule has 1 aliphatic heterocycles. The minimum absolute atomic E-state index is 0.129. The molecular formula is C20H17Cl2N3O2S. The van der Waals surface area contributed by atoms with Crippen molar-refractivity contribution in [2.24, 2.45) is 4.99 Å². The first-order valence-electron chi connectivity index (χ1n) is 8.41. The average Bonchev–Trinajstić information content (AvgIpc) is 2.95. The number of carbonyl (C=O) groups excluding carboxylic acids is 2. The lowest BCUT2D eigenvalue weighted by Gasteiger charge is -2.10. The smallest absolute Gasteiger partial charge is 0.278 e. The van der Waals surface area contributed by atoms with E-state index in [1.54, 1.807) is 31.3 Å². The maximum Gasteiger partial charge on any atom is 0.278 e. The van der Waals surface area contributed by atoms with Crippen LogP contribution in [0.4, 0.5) is 0 Å². The van der Waals surface area contributed by atoms with Crippen molar-refractivity contribution < 1.29 is 9.59 Å². The number of carbonyl (C=O) groups is 2. The van der Waals surface area contributed by atoms with Gasteiger partial charge in [-0.15, -0.1) is 0 Å². The van der Waals surface area contributed by atoms with Gasteiger partial charge in [0.25, 0.3) is 5.91 Å². The fourth-order valence-corrected chi connectivity index (χ4v) is 3.72. The van der Waals surface area contributed by atoms with E-state index in [9.17, 15) is 9.59 Å². The summed E-state index contributed by atoms with van der Waals surface area (Å²) in [6.07, 6.45) is 1.61. The molecule has 0 aliphatic carbocycles. The summed E-state index contributed by atoms with van der Waals surface area (Å²) in [6.45, 7) is 0.460. The lowest BCUT2D eigenvalue weighted by molar-refractivity contribution is -0.121. The van der Waals surface area contributed by atoms with E-state index < -0.39 is 0 Å². The van der Waals surface area contributed by atoms with Gasteiger partial charge >= 0.3 is 0 Å². The molecule has 5 nitrogen and oxygen atoms in total. The highest BCUT2D eigenvalue weighted by molar-refractivity contribution is 8.14. The normalized spacial score (nSPS) is 15.1. The SMILES string of the molecule is CN1C(=O)/C(=C/c2ccc(Cl)cc2Cl)N=C1SCC(=O)NCc1ccccc1. The molecule has 0 saturated carbocycles. The Morgan fingerprint density at radius 2 is 1.96 bits per heavy atom. The van der Waals surface area contributed by atoms with Crippen LogP contribution in [0.1, 0.15) is 11.1 Å². The third-order valence-corrected chi connectivity index (χ3v) is 5.54. The molecule has 1 aliphatic rings. The molecule has 0 spiro atoms. The van der Waals surface area contributed by atoms with Crippen molar-refractivity contribution >= 4 is 58.0 Å². The van der Waals surface area contributed by atoms with Crippen LogP contribution < -0.4 is 5.32 Å². The van der Waals surface area contributed by atoms with Crippen molar-refractivity contribution in [3.63, 3.8) is 0 Å². The van der Waals surface area contributed by atoms with Crippen molar-refractivity contribution in [1.29, 1.82) is 0 Å². The molecule has 1 heterocycles. The van der Waals surface area contributed by atoms with Crippen molar-refractivity contribution in [3.8, 4) is 0 Å². The number of hydrogen-bond acceptors (Lipinski definition) is 4. The molecule has 3 rings (SSSR count). The predicted molar refractivity (Wildman–Crippen MR) is 115 cm³/mol. The summed E-state index contributed by atoms with van der Waals surface area (Å²) < 4.78 is 0. The van der Waals surface area contributed by atoms with Crippen LogP contribution in [0.2, 0.25) is 10.0 Å². The van der Waals surface area contributed by atoms with Gasteiger partial charge in [-0.25, -0.2) is 4.99 Å². The summed E-state index contributed by atoms with van der Waals surface area (Å²) in [5.41, 5.74) is 1.94. The van der Waals surface area contributed by atoms with Crippen LogP contribution in [0.15, 0.2) is 59.2 Å². The molecule has 8 heteroatoms. The molecule has 2 amide bonds. The number of nitrogens with zero attached hydrogens (tertiary/aromatic N) is 2. The number of aliphatic imine (C=N–C) groups is 1. The zero-order valence-corrected chi connectivity index (χ0v) is 17.3. The van der Waals surface area contributed by atoms with Gasteiger partial charge in [-0.3, -0.25) is 14.5 Å². The third-order valence-electron chi connectivity index (χ3n) is 3.95. The number of thioether (sulfide) groups is 1. The highest BCUT2D eigenvalue weighted by Crippen LogP contribution is 2.27. The zero-order valence-electron chi connectivity index (χ0n) is 15.0. The minimum Gasteiger partial charge on any atom is -0.351 e. The van der Waals surface area contributed by atoms with E-state index in [-0.39, 0.29) is 23.3 Å². The Morgan fingerprint density at radius 3 is 2.68 bits per heavy atom. The van der Waals surface area contributed by atoms with Gasteiger partial charge in [0.1, 0.15) is 5.70 Å². The molecule has 0 radical (unpaired) electrons. The van der Waals surface area contributed by atoms with E-state index >= 15 is 0 Å². The van der Waals surface area contributed by atoms with Gasteiger partial charge in [0, 0.05) is 23.6 Å². The Labute approximate surface area is 177 Å². The largest absolute Gasteiger partial charge is 0.351 e. The van der Waals surface area contributed by atoms with Crippen LogP contribution in [0.5, 0.6) is 0 Å². The van der Waals surface area contributed by atoms with Crippen molar-refractivity contribution in [1.82, 2.24) is 10.2 Å². The average molecular weight is 434 g/mol. The number of amidine groups is 1. The molecular weight excluding hydrogens is 417 g/mol. The molecule has 0 atom stereocenters. The molecule has 144 valence electrons. The highest BCUT2D eigenvalue weighted by atomic mass is 35.5. The standard InChI is InChI=1S/C20H17Cl2N3O2S/c1-25-19(27)17(9-14-7-8-15(21)10-16(14)22)24-20(25)28-12-18(26)23-11-13-5-3-2-4-6-13/h2-10H,11-12H2,1H3,(H,23,26)/b17-9-. The monoisotopic (exact) mass is 433 g/mol. The molecule has 0 unspecified atom stereocenters. The molecule has 2 aromatic carbocycles. The summed E-state index contributed by atoms with van der Waals surface area (Å²) >= 11 is 13.3. The van der Waals surface area contributed by atoms with Crippen LogP contribution in [0.25, 0.3) is 6.08 Å². The van der Waals surface area contributed by atoms with Crippen LogP contribution in [-0.4, -0.2) is 34.7 Å². The maximum atomic E-state index is 12.4. The number of halogens is 2. The van der Waals surface area contributed by atoms with E-state index in [4.69, 9.17) is 23.2 Å². The Bertz CT molecular complexity index is 961. The van der Waals surface area contributed by atoms with Gasteiger partial charge in [0.15, 0.2) is 5.17 Å². The number of nitrogens with one attached hydrogen (secondary N) is 1. The van der Waals surface area contributed by atoms with Crippen molar-refractivity contribution in [3.05, 3.63) is 75.4 Å². The Balaban J connectivity index is 1.62. The second-order valence-electron chi connectivity index (χ2n) is 6.00. The quantitative estimate of drug-likeness (QED) is 0.718. The van der Waals surface area contributed by atoms with E-state index in [2.05, 4.69) is 10.3 Å². The van der Waals surface area contributed by atoms with Crippen LogP contribution >= 0.6 is 35.0 Å². The second kappa shape index (κ2) is 9.28. The number of amides is 2. The van der Waals surface area contributed by atoms with Gasteiger partial charge in [0.2, 0.25) is 5.91 Å². The Kier molecular flexibility index (Phi) is 6.78. The molecule has 0 bridgehead atoms. The molecule has 0 aromatic heterocycles. The third kappa shape index (κ3) is 5.16. The van der Waals surface area contributed by atoms with E-state index in [1.165, 1.54) is 16.7 Å².